The summed E-state index contributed by atoms with van der Waals surface area (Å²) in [5.74, 6) is 1.09. The number of hydrogen-bond acceptors (Lipinski definition) is 2. The highest BCUT2D eigenvalue weighted by Gasteiger charge is 2.03. The molecule has 0 heterocycles. The Hall–Kier alpha value is -1.22. The number of rotatable bonds is 6. The molecule has 1 aromatic carbocycles. The molecule has 4 heteroatoms. The molecule has 0 atom stereocenters. The van der Waals surface area contributed by atoms with E-state index in [1.54, 1.807) is 0 Å². The van der Waals surface area contributed by atoms with Gasteiger partial charge in [0.15, 0.2) is 0 Å². The molecule has 0 aliphatic carbocycles. The Kier molecular flexibility index (Phi) is 5.29. The van der Waals surface area contributed by atoms with E-state index in [9.17, 15) is 0 Å². The van der Waals surface area contributed by atoms with Crippen LogP contribution in [0.5, 0.6) is 5.75 Å². The molecule has 0 saturated heterocycles. The number of aryl methyl sites for hydroxylation is 2. The SMILES string of the molecule is Cc1cc(OCCCCC(=N)N)cc(C)c1Cl. The normalized spacial score (nSPS) is 10.3. The molecule has 0 aromatic heterocycles. The Balaban J connectivity index is 2.39. The number of amidine groups is 1. The molecular weight excluding hydrogens is 236 g/mol. The largest absolute Gasteiger partial charge is 0.494 e. The van der Waals surface area contributed by atoms with Gasteiger partial charge in [-0.25, -0.2) is 0 Å². The van der Waals surface area contributed by atoms with Gasteiger partial charge in [-0.1, -0.05) is 11.6 Å². The summed E-state index contributed by atoms with van der Waals surface area (Å²) < 4.78 is 5.63. The van der Waals surface area contributed by atoms with Crippen LogP contribution >= 0.6 is 11.6 Å². The zero-order chi connectivity index (χ0) is 12.8. The summed E-state index contributed by atoms with van der Waals surface area (Å²) in [6.45, 7) is 4.59. The van der Waals surface area contributed by atoms with E-state index in [4.69, 9.17) is 27.5 Å². The number of ether oxygens (including phenoxy) is 1. The van der Waals surface area contributed by atoms with Crippen molar-refractivity contribution >= 4 is 17.4 Å². The van der Waals surface area contributed by atoms with Gasteiger partial charge in [-0.2, -0.15) is 0 Å². The third-order valence-corrected chi connectivity index (χ3v) is 3.12. The van der Waals surface area contributed by atoms with E-state index in [1.807, 2.05) is 26.0 Å². The van der Waals surface area contributed by atoms with Crippen LogP contribution in [-0.2, 0) is 0 Å². The Morgan fingerprint density at radius 2 is 1.88 bits per heavy atom. The van der Waals surface area contributed by atoms with E-state index in [0.717, 1.165) is 34.7 Å². The topological polar surface area (TPSA) is 59.1 Å². The Morgan fingerprint density at radius 3 is 2.41 bits per heavy atom. The van der Waals surface area contributed by atoms with Crippen molar-refractivity contribution in [3.8, 4) is 5.75 Å². The summed E-state index contributed by atoms with van der Waals surface area (Å²) in [6, 6.07) is 3.89. The van der Waals surface area contributed by atoms with Crippen LogP contribution in [0.2, 0.25) is 5.02 Å². The molecule has 3 N–H and O–H groups in total. The minimum absolute atomic E-state index is 0.239. The van der Waals surface area contributed by atoms with Gasteiger partial charge in [-0.15, -0.1) is 0 Å². The zero-order valence-electron chi connectivity index (χ0n) is 10.3. The number of benzene rings is 1. The van der Waals surface area contributed by atoms with Gasteiger partial charge in [0.25, 0.3) is 0 Å². The second-order valence-corrected chi connectivity index (χ2v) is 4.58. The first kappa shape index (κ1) is 13.8. The molecule has 0 amide bonds. The van der Waals surface area contributed by atoms with E-state index >= 15 is 0 Å². The molecule has 0 aliphatic rings. The van der Waals surface area contributed by atoms with Gasteiger partial charge in [0.05, 0.1) is 12.4 Å². The molecule has 17 heavy (non-hydrogen) atoms. The molecule has 0 fully saturated rings. The van der Waals surface area contributed by atoms with Gasteiger partial charge in [0, 0.05) is 11.4 Å². The number of hydrogen-bond donors (Lipinski definition) is 2. The second-order valence-electron chi connectivity index (χ2n) is 4.20. The van der Waals surface area contributed by atoms with Gasteiger partial charge in [0.1, 0.15) is 5.75 Å². The van der Waals surface area contributed by atoms with Gasteiger partial charge < -0.3 is 10.5 Å². The maximum atomic E-state index is 7.10. The average Bonchev–Trinajstić information content (AvgIpc) is 2.25. The summed E-state index contributed by atoms with van der Waals surface area (Å²) in [7, 11) is 0. The lowest BCUT2D eigenvalue weighted by Crippen LogP contribution is -2.09. The van der Waals surface area contributed by atoms with Crippen molar-refractivity contribution in [2.75, 3.05) is 6.61 Å². The van der Waals surface area contributed by atoms with Crippen molar-refractivity contribution in [1.82, 2.24) is 0 Å². The van der Waals surface area contributed by atoms with Gasteiger partial charge in [-0.3, -0.25) is 5.41 Å². The third kappa shape index (κ3) is 4.65. The first-order chi connectivity index (χ1) is 8.00. The summed E-state index contributed by atoms with van der Waals surface area (Å²) in [5, 5.41) is 7.90. The maximum Gasteiger partial charge on any atom is 0.119 e. The lowest BCUT2D eigenvalue weighted by atomic mass is 10.1. The van der Waals surface area contributed by atoms with Gasteiger partial charge >= 0.3 is 0 Å². The van der Waals surface area contributed by atoms with E-state index in [2.05, 4.69) is 0 Å². The predicted octanol–water partition coefficient (Wildman–Crippen LogP) is 3.44. The molecule has 0 unspecified atom stereocenters. The maximum absolute atomic E-state index is 7.10. The van der Waals surface area contributed by atoms with Crippen LogP contribution in [0.25, 0.3) is 0 Å². The van der Waals surface area contributed by atoms with Crippen molar-refractivity contribution in [2.45, 2.75) is 33.1 Å². The van der Waals surface area contributed by atoms with Crippen LogP contribution in [0.4, 0.5) is 0 Å². The van der Waals surface area contributed by atoms with Crippen LogP contribution < -0.4 is 10.5 Å². The van der Waals surface area contributed by atoms with Crippen molar-refractivity contribution in [2.24, 2.45) is 5.73 Å². The smallest absolute Gasteiger partial charge is 0.119 e. The minimum atomic E-state index is 0.239. The first-order valence-corrected chi connectivity index (χ1v) is 6.11. The lowest BCUT2D eigenvalue weighted by molar-refractivity contribution is 0.307. The average molecular weight is 255 g/mol. The highest BCUT2D eigenvalue weighted by atomic mass is 35.5. The van der Waals surface area contributed by atoms with Crippen LogP contribution in [0, 0.1) is 19.3 Å². The van der Waals surface area contributed by atoms with E-state index < -0.39 is 0 Å². The summed E-state index contributed by atoms with van der Waals surface area (Å²) in [6.07, 6.45) is 2.43. The lowest BCUT2D eigenvalue weighted by Gasteiger charge is -2.09. The fourth-order valence-electron chi connectivity index (χ4n) is 1.60. The Morgan fingerprint density at radius 1 is 1.29 bits per heavy atom. The van der Waals surface area contributed by atoms with Crippen LogP contribution in [0.1, 0.15) is 30.4 Å². The summed E-state index contributed by atoms with van der Waals surface area (Å²) in [4.78, 5) is 0. The summed E-state index contributed by atoms with van der Waals surface area (Å²) in [5.41, 5.74) is 7.34. The number of nitrogens with two attached hydrogens (primary N) is 1. The quantitative estimate of drug-likeness (QED) is 0.464. The molecule has 0 spiro atoms. The standard InChI is InChI=1S/C13H19ClN2O/c1-9-7-11(8-10(2)13(9)14)17-6-4-3-5-12(15)16/h7-8H,3-6H2,1-2H3,(H3,15,16). The van der Waals surface area contributed by atoms with Crippen molar-refractivity contribution < 1.29 is 4.74 Å². The number of nitrogens with one attached hydrogen (secondary N) is 1. The van der Waals surface area contributed by atoms with Gasteiger partial charge in [0.2, 0.25) is 0 Å². The van der Waals surface area contributed by atoms with Crippen molar-refractivity contribution in [1.29, 1.82) is 5.41 Å². The molecule has 0 saturated carbocycles. The van der Waals surface area contributed by atoms with Crippen LogP contribution in [-0.4, -0.2) is 12.4 Å². The molecule has 1 rings (SSSR count). The number of unbranched alkanes of at least 4 members (excludes halogenated alkanes) is 1. The summed E-state index contributed by atoms with van der Waals surface area (Å²) >= 11 is 6.08. The molecule has 1 aromatic rings. The predicted molar refractivity (Wildman–Crippen MR) is 72.2 cm³/mol. The molecule has 0 aliphatic heterocycles. The van der Waals surface area contributed by atoms with Crippen LogP contribution in [0.15, 0.2) is 12.1 Å². The second kappa shape index (κ2) is 6.50. The minimum Gasteiger partial charge on any atom is -0.494 e. The molecule has 0 bridgehead atoms. The fraction of sp³-hybridized carbons (Fsp3) is 0.462. The monoisotopic (exact) mass is 254 g/mol. The van der Waals surface area contributed by atoms with E-state index in [1.165, 1.54) is 0 Å². The third-order valence-electron chi connectivity index (χ3n) is 2.52. The molecule has 94 valence electrons. The van der Waals surface area contributed by atoms with E-state index in [-0.39, 0.29) is 5.84 Å². The molecule has 3 nitrogen and oxygen atoms in total. The molecular formula is C13H19ClN2O. The highest BCUT2D eigenvalue weighted by Crippen LogP contribution is 2.25. The Labute approximate surface area is 107 Å². The number of halogens is 1. The molecule has 0 radical (unpaired) electrons. The zero-order valence-corrected chi connectivity index (χ0v) is 11.1. The highest BCUT2D eigenvalue weighted by molar-refractivity contribution is 6.32. The van der Waals surface area contributed by atoms with Gasteiger partial charge in [-0.05, 0) is 49.9 Å². The van der Waals surface area contributed by atoms with Crippen molar-refractivity contribution in [3.63, 3.8) is 0 Å². The first-order valence-electron chi connectivity index (χ1n) is 5.73. The Bertz CT molecular complexity index is 381. The van der Waals surface area contributed by atoms with E-state index in [0.29, 0.717) is 13.0 Å². The fourth-order valence-corrected chi connectivity index (χ4v) is 1.71. The van der Waals surface area contributed by atoms with Crippen LogP contribution in [0.3, 0.4) is 0 Å². The van der Waals surface area contributed by atoms with Crippen molar-refractivity contribution in [3.05, 3.63) is 28.3 Å².